The largest absolute Gasteiger partial charge is 0.417 e. The van der Waals surface area contributed by atoms with E-state index >= 15 is 0 Å². The third kappa shape index (κ3) is 5.06. The highest BCUT2D eigenvalue weighted by molar-refractivity contribution is 7.90. The van der Waals surface area contributed by atoms with E-state index in [1.807, 2.05) is 6.07 Å². The quantitative estimate of drug-likeness (QED) is 0.789. The van der Waals surface area contributed by atoms with Crippen LogP contribution in [-0.2, 0) is 9.84 Å². The Kier molecular flexibility index (Phi) is 6.23. The van der Waals surface area contributed by atoms with Crippen molar-refractivity contribution < 1.29 is 26.7 Å². The van der Waals surface area contributed by atoms with Crippen LogP contribution in [0.1, 0.15) is 32.6 Å². The van der Waals surface area contributed by atoms with Crippen LogP contribution < -0.4 is 4.90 Å². The maximum Gasteiger partial charge on any atom is 0.417 e. The third-order valence-electron chi connectivity index (χ3n) is 6.33. The molecule has 1 atom stereocenters. The normalized spacial score (nSPS) is 29.8. The zero-order valence-electron chi connectivity index (χ0n) is 16.8. The SMILES string of the molecule is C[C@H]1CN(c2cccc(S(C)(=O)=O)c2)CCN1CC1CCC(O)(C(F)(F)F)CC1. The van der Waals surface area contributed by atoms with Gasteiger partial charge in [-0.15, -0.1) is 0 Å². The summed E-state index contributed by atoms with van der Waals surface area (Å²) < 4.78 is 62.5. The Bertz CT molecular complexity index is 821. The fourth-order valence-corrected chi connectivity index (χ4v) is 5.03. The highest BCUT2D eigenvalue weighted by Crippen LogP contribution is 2.43. The van der Waals surface area contributed by atoms with Gasteiger partial charge in [-0.1, -0.05) is 6.07 Å². The number of hydrogen-bond donors (Lipinski definition) is 1. The molecular weight excluding hydrogens is 405 g/mol. The van der Waals surface area contributed by atoms with Gasteiger partial charge in [-0.25, -0.2) is 8.42 Å². The average molecular weight is 435 g/mol. The molecule has 1 aromatic rings. The van der Waals surface area contributed by atoms with Gasteiger partial charge in [0.15, 0.2) is 15.4 Å². The second kappa shape index (κ2) is 8.07. The van der Waals surface area contributed by atoms with Gasteiger partial charge in [0.25, 0.3) is 0 Å². The molecule has 1 aromatic carbocycles. The number of aliphatic hydroxyl groups is 1. The van der Waals surface area contributed by atoms with Gasteiger partial charge in [0, 0.05) is 44.2 Å². The van der Waals surface area contributed by atoms with E-state index in [0.29, 0.717) is 17.7 Å². The van der Waals surface area contributed by atoms with Crippen LogP contribution in [0.3, 0.4) is 0 Å². The number of anilines is 1. The van der Waals surface area contributed by atoms with Gasteiger partial charge in [-0.3, -0.25) is 4.90 Å². The van der Waals surface area contributed by atoms with E-state index in [1.165, 1.54) is 6.26 Å². The van der Waals surface area contributed by atoms with Crippen molar-refractivity contribution in [1.29, 1.82) is 0 Å². The lowest BCUT2D eigenvalue weighted by atomic mass is 9.78. The Morgan fingerprint density at radius 3 is 2.41 bits per heavy atom. The number of benzene rings is 1. The minimum atomic E-state index is -4.56. The first-order chi connectivity index (χ1) is 13.4. The van der Waals surface area contributed by atoms with Crippen molar-refractivity contribution in [3.8, 4) is 0 Å². The van der Waals surface area contributed by atoms with Crippen molar-refractivity contribution in [2.24, 2.45) is 5.92 Å². The van der Waals surface area contributed by atoms with Gasteiger partial charge < -0.3 is 10.0 Å². The highest BCUT2D eigenvalue weighted by Gasteiger charge is 2.54. The average Bonchev–Trinajstić information content (AvgIpc) is 2.64. The minimum Gasteiger partial charge on any atom is -0.380 e. The predicted octanol–water partition coefficient (Wildman–Crippen LogP) is 3.08. The molecule has 9 heteroatoms. The van der Waals surface area contributed by atoms with Crippen LogP contribution in [0.4, 0.5) is 18.9 Å². The maximum atomic E-state index is 13.0. The molecule has 0 aromatic heterocycles. The molecular formula is C20H29F3N2O3S. The molecule has 1 saturated heterocycles. The van der Waals surface area contributed by atoms with Crippen LogP contribution in [0.5, 0.6) is 0 Å². The van der Waals surface area contributed by atoms with E-state index in [4.69, 9.17) is 0 Å². The summed E-state index contributed by atoms with van der Waals surface area (Å²) in [7, 11) is -3.27. The fraction of sp³-hybridized carbons (Fsp3) is 0.700. The Morgan fingerprint density at radius 2 is 1.86 bits per heavy atom. The molecule has 0 bridgehead atoms. The zero-order valence-corrected chi connectivity index (χ0v) is 17.6. The van der Waals surface area contributed by atoms with E-state index in [-0.39, 0.29) is 24.8 Å². The van der Waals surface area contributed by atoms with Gasteiger partial charge in [-0.2, -0.15) is 13.2 Å². The topological polar surface area (TPSA) is 60.9 Å². The van der Waals surface area contributed by atoms with E-state index in [0.717, 1.165) is 31.9 Å². The van der Waals surface area contributed by atoms with Crippen molar-refractivity contribution in [3.05, 3.63) is 24.3 Å². The summed E-state index contributed by atoms with van der Waals surface area (Å²) in [6.07, 6.45) is -3.08. The van der Waals surface area contributed by atoms with Crippen LogP contribution in [0.15, 0.2) is 29.2 Å². The summed E-state index contributed by atoms with van der Waals surface area (Å²) in [6, 6.07) is 7.12. The van der Waals surface area contributed by atoms with Crippen molar-refractivity contribution in [2.45, 2.75) is 55.3 Å². The number of piperazine rings is 1. The molecule has 0 radical (unpaired) electrons. The predicted molar refractivity (Wildman–Crippen MR) is 106 cm³/mol. The van der Waals surface area contributed by atoms with Crippen molar-refractivity contribution in [2.75, 3.05) is 37.3 Å². The third-order valence-corrected chi connectivity index (χ3v) is 7.44. The summed E-state index contributed by atoms with van der Waals surface area (Å²) in [4.78, 5) is 4.74. The van der Waals surface area contributed by atoms with Gasteiger partial charge in [0.2, 0.25) is 0 Å². The van der Waals surface area contributed by atoms with Gasteiger partial charge in [0.1, 0.15) is 0 Å². The second-order valence-electron chi connectivity index (χ2n) is 8.53. The molecule has 0 spiro atoms. The number of nitrogens with zero attached hydrogens (tertiary/aromatic N) is 2. The number of halogens is 3. The summed E-state index contributed by atoms with van der Waals surface area (Å²) in [5.74, 6) is 0.153. The number of hydrogen-bond acceptors (Lipinski definition) is 5. The molecule has 29 heavy (non-hydrogen) atoms. The Hall–Kier alpha value is -1.32. The van der Waals surface area contributed by atoms with E-state index in [2.05, 4.69) is 16.7 Å². The monoisotopic (exact) mass is 434 g/mol. The van der Waals surface area contributed by atoms with Crippen molar-refractivity contribution in [1.82, 2.24) is 4.90 Å². The van der Waals surface area contributed by atoms with Crippen LogP contribution in [0.2, 0.25) is 0 Å². The first kappa shape index (κ1) is 22.4. The molecule has 1 heterocycles. The van der Waals surface area contributed by atoms with Crippen LogP contribution in [0, 0.1) is 5.92 Å². The molecule has 1 aliphatic carbocycles. The fourth-order valence-electron chi connectivity index (χ4n) is 4.36. The van der Waals surface area contributed by atoms with Crippen LogP contribution in [0.25, 0.3) is 0 Å². The highest BCUT2D eigenvalue weighted by atomic mass is 32.2. The van der Waals surface area contributed by atoms with E-state index < -0.39 is 21.6 Å². The van der Waals surface area contributed by atoms with Gasteiger partial charge >= 0.3 is 6.18 Å². The molecule has 0 amide bonds. The Labute approximate surface area is 170 Å². The number of rotatable bonds is 4. The molecule has 0 unspecified atom stereocenters. The number of sulfone groups is 1. The lowest BCUT2D eigenvalue weighted by Gasteiger charge is -2.44. The molecule has 2 fully saturated rings. The summed E-state index contributed by atoms with van der Waals surface area (Å²) in [6.45, 7) is 5.04. The van der Waals surface area contributed by atoms with Crippen LogP contribution in [-0.4, -0.2) is 68.7 Å². The molecule has 5 nitrogen and oxygen atoms in total. The van der Waals surface area contributed by atoms with Gasteiger partial charge in [0.05, 0.1) is 4.90 Å². The first-order valence-electron chi connectivity index (χ1n) is 9.97. The zero-order chi connectivity index (χ0) is 21.4. The van der Waals surface area contributed by atoms with Gasteiger partial charge in [-0.05, 0) is 56.7 Å². The standard InChI is InChI=1S/C20H29F3N2O3S/c1-15-13-25(17-4-3-5-18(12-17)29(2,27)28)11-10-24(15)14-16-6-8-19(26,9-7-16)20(21,22)23/h3-5,12,15-16,26H,6-11,13-14H2,1-2H3/t15-,16?,19?/m0/s1. The molecule has 3 rings (SSSR count). The Morgan fingerprint density at radius 1 is 1.21 bits per heavy atom. The van der Waals surface area contributed by atoms with Crippen LogP contribution >= 0.6 is 0 Å². The van der Waals surface area contributed by atoms with Crippen molar-refractivity contribution in [3.63, 3.8) is 0 Å². The van der Waals surface area contributed by atoms with E-state index in [9.17, 15) is 26.7 Å². The summed E-state index contributed by atoms with van der Waals surface area (Å²) in [5, 5.41) is 9.84. The molecule has 2 aliphatic rings. The van der Waals surface area contributed by atoms with Crippen molar-refractivity contribution >= 4 is 15.5 Å². The minimum absolute atomic E-state index is 0.153. The maximum absolute atomic E-state index is 13.0. The Balaban J connectivity index is 1.56. The summed E-state index contributed by atoms with van der Waals surface area (Å²) >= 11 is 0. The molecule has 164 valence electrons. The first-order valence-corrected chi connectivity index (χ1v) is 11.9. The summed E-state index contributed by atoms with van der Waals surface area (Å²) in [5.41, 5.74) is -1.66. The lowest BCUT2D eigenvalue weighted by Crippen LogP contribution is -2.54. The molecule has 1 aliphatic heterocycles. The lowest BCUT2D eigenvalue weighted by molar-refractivity contribution is -0.272. The molecule has 1 N–H and O–H groups in total. The number of alkyl halides is 3. The molecule has 1 saturated carbocycles. The smallest absolute Gasteiger partial charge is 0.380 e. The second-order valence-corrected chi connectivity index (χ2v) is 10.5. The van der Waals surface area contributed by atoms with E-state index in [1.54, 1.807) is 18.2 Å².